The molecule has 1 amide bonds. The molecule has 1 aliphatic rings. The molecule has 0 spiro atoms. The van der Waals surface area contributed by atoms with Crippen molar-refractivity contribution in [1.82, 2.24) is 10.3 Å². The monoisotopic (exact) mass is 429 g/mol. The maximum atomic E-state index is 12.3. The van der Waals surface area contributed by atoms with E-state index in [0.29, 0.717) is 13.2 Å². The van der Waals surface area contributed by atoms with E-state index in [1.165, 1.54) is 6.07 Å². The zero-order chi connectivity index (χ0) is 20.9. The lowest BCUT2D eigenvalue weighted by molar-refractivity contribution is -0.154. The highest BCUT2D eigenvalue weighted by molar-refractivity contribution is 6.32. The molecule has 1 saturated heterocycles. The Kier molecular flexibility index (Phi) is 6.81. The van der Waals surface area contributed by atoms with Gasteiger partial charge in [0.2, 0.25) is 5.88 Å². The van der Waals surface area contributed by atoms with Crippen molar-refractivity contribution in [1.29, 1.82) is 0 Å². The third-order valence-electron chi connectivity index (χ3n) is 4.21. The van der Waals surface area contributed by atoms with Crippen molar-refractivity contribution in [2.24, 2.45) is 0 Å². The summed E-state index contributed by atoms with van der Waals surface area (Å²) in [6, 6.07) is 9.03. The first-order chi connectivity index (χ1) is 13.8. The number of carbonyl (C=O) groups is 1. The second-order valence-electron chi connectivity index (χ2n) is 6.36. The van der Waals surface area contributed by atoms with Gasteiger partial charge in [0.1, 0.15) is 5.02 Å². The fourth-order valence-corrected chi connectivity index (χ4v) is 2.96. The Hall–Kier alpha value is -2.52. The zero-order valence-corrected chi connectivity index (χ0v) is 16.1. The Morgan fingerprint density at radius 2 is 1.93 bits per heavy atom. The van der Waals surface area contributed by atoms with Gasteiger partial charge in [-0.25, -0.2) is 4.98 Å². The number of alkyl halides is 3. The molecule has 0 unspecified atom stereocenters. The Balaban J connectivity index is 1.54. The Morgan fingerprint density at radius 3 is 2.55 bits per heavy atom. The number of nitrogens with zero attached hydrogens (tertiary/aromatic N) is 2. The third-order valence-corrected chi connectivity index (χ3v) is 4.48. The van der Waals surface area contributed by atoms with E-state index >= 15 is 0 Å². The van der Waals surface area contributed by atoms with Gasteiger partial charge < -0.3 is 19.7 Å². The van der Waals surface area contributed by atoms with Crippen LogP contribution in [0.4, 0.5) is 18.9 Å². The van der Waals surface area contributed by atoms with Gasteiger partial charge in [-0.1, -0.05) is 23.7 Å². The molecule has 29 heavy (non-hydrogen) atoms. The molecule has 156 valence electrons. The molecule has 1 aromatic carbocycles. The minimum Gasteiger partial charge on any atom is -0.467 e. The quantitative estimate of drug-likeness (QED) is 0.762. The van der Waals surface area contributed by atoms with Crippen LogP contribution in [-0.2, 0) is 11.3 Å². The highest BCUT2D eigenvalue weighted by Gasteiger charge is 2.29. The number of carbonyl (C=O) groups excluding carboxylic acids is 1. The lowest BCUT2D eigenvalue weighted by atomic mass is 10.1. The molecule has 1 aliphatic heterocycles. The number of anilines is 1. The number of rotatable bonds is 6. The number of ether oxygens (including phenoxy) is 2. The summed E-state index contributed by atoms with van der Waals surface area (Å²) in [5.74, 6) is -0.821. The molecule has 0 aliphatic carbocycles. The average Bonchev–Trinajstić information content (AvgIpc) is 2.71. The van der Waals surface area contributed by atoms with Crippen molar-refractivity contribution in [3.05, 3.63) is 52.7 Å². The lowest BCUT2D eigenvalue weighted by Crippen LogP contribution is -2.36. The minimum absolute atomic E-state index is 0.124. The smallest absolute Gasteiger partial charge is 0.422 e. The van der Waals surface area contributed by atoms with Gasteiger partial charge in [-0.2, -0.15) is 13.2 Å². The summed E-state index contributed by atoms with van der Waals surface area (Å²) >= 11 is 5.86. The second-order valence-corrected chi connectivity index (χ2v) is 6.77. The maximum absolute atomic E-state index is 12.3. The van der Waals surface area contributed by atoms with Crippen LogP contribution in [0.5, 0.6) is 5.88 Å². The largest absolute Gasteiger partial charge is 0.467 e. The predicted octanol–water partition coefficient (Wildman–Crippen LogP) is 3.44. The fraction of sp³-hybridized carbons (Fsp3) is 0.368. The maximum Gasteiger partial charge on any atom is 0.422 e. The molecule has 1 fully saturated rings. The van der Waals surface area contributed by atoms with E-state index in [1.807, 2.05) is 24.3 Å². The molecular formula is C19H19ClF3N3O3. The third kappa shape index (κ3) is 6.23. The SMILES string of the molecule is O=C(NCc1ccc(N2CCOCC2)cc1)c1cnc(OCC(F)(F)F)c(Cl)c1. The van der Waals surface area contributed by atoms with Crippen LogP contribution in [0.25, 0.3) is 0 Å². The molecule has 1 N–H and O–H groups in total. The van der Waals surface area contributed by atoms with Gasteiger partial charge in [0.05, 0.1) is 18.8 Å². The first-order valence-electron chi connectivity index (χ1n) is 8.87. The highest BCUT2D eigenvalue weighted by Crippen LogP contribution is 2.25. The standard InChI is InChI=1S/C19H19ClF3N3O3/c20-16-9-14(11-25-18(16)29-12-19(21,22)23)17(27)24-10-13-1-3-15(4-2-13)26-5-7-28-8-6-26/h1-4,9,11H,5-8,10,12H2,(H,24,27). The van der Waals surface area contributed by atoms with Crippen molar-refractivity contribution in [2.75, 3.05) is 37.8 Å². The average molecular weight is 430 g/mol. The van der Waals surface area contributed by atoms with Gasteiger partial charge in [0.25, 0.3) is 5.91 Å². The Labute approximate surface area is 170 Å². The summed E-state index contributed by atoms with van der Waals surface area (Å²) in [5, 5.41) is 2.56. The van der Waals surface area contributed by atoms with Crippen LogP contribution in [0.2, 0.25) is 5.02 Å². The molecule has 3 rings (SSSR count). The molecule has 1 aromatic heterocycles. The van der Waals surface area contributed by atoms with Crippen molar-refractivity contribution in [3.8, 4) is 5.88 Å². The topological polar surface area (TPSA) is 63.7 Å². The van der Waals surface area contributed by atoms with Gasteiger partial charge in [0.15, 0.2) is 6.61 Å². The molecule has 0 atom stereocenters. The molecule has 0 saturated carbocycles. The van der Waals surface area contributed by atoms with Gasteiger partial charge >= 0.3 is 6.18 Å². The number of amides is 1. The highest BCUT2D eigenvalue weighted by atomic mass is 35.5. The lowest BCUT2D eigenvalue weighted by Gasteiger charge is -2.28. The van der Waals surface area contributed by atoms with Gasteiger partial charge in [-0.05, 0) is 23.8 Å². The number of benzene rings is 1. The van der Waals surface area contributed by atoms with Crippen LogP contribution >= 0.6 is 11.6 Å². The van der Waals surface area contributed by atoms with Crippen molar-refractivity contribution in [3.63, 3.8) is 0 Å². The molecule has 10 heteroatoms. The van der Waals surface area contributed by atoms with Crippen LogP contribution in [0, 0.1) is 0 Å². The predicted molar refractivity (Wildman–Crippen MR) is 101 cm³/mol. The number of nitrogens with one attached hydrogen (secondary N) is 1. The first kappa shape index (κ1) is 21.2. The second kappa shape index (κ2) is 9.32. The van der Waals surface area contributed by atoms with E-state index in [-0.39, 0.29) is 23.0 Å². The summed E-state index contributed by atoms with van der Waals surface area (Å²) in [7, 11) is 0. The normalized spacial score (nSPS) is 14.6. The number of hydrogen-bond donors (Lipinski definition) is 1. The van der Waals surface area contributed by atoms with Crippen molar-refractivity contribution < 1.29 is 27.4 Å². The van der Waals surface area contributed by atoms with E-state index in [4.69, 9.17) is 16.3 Å². The van der Waals surface area contributed by atoms with Crippen LogP contribution < -0.4 is 15.0 Å². The summed E-state index contributed by atoms with van der Waals surface area (Å²) in [4.78, 5) is 18.2. The number of halogens is 4. The van der Waals surface area contributed by atoms with E-state index in [2.05, 4.69) is 19.9 Å². The minimum atomic E-state index is -4.50. The van der Waals surface area contributed by atoms with Crippen LogP contribution in [0.3, 0.4) is 0 Å². The first-order valence-corrected chi connectivity index (χ1v) is 9.24. The Bertz CT molecular complexity index is 841. The van der Waals surface area contributed by atoms with Crippen molar-refractivity contribution >= 4 is 23.2 Å². The molecule has 0 radical (unpaired) electrons. The van der Waals surface area contributed by atoms with E-state index in [0.717, 1.165) is 30.5 Å². The number of morpholine rings is 1. The fourth-order valence-electron chi connectivity index (χ4n) is 2.74. The van der Waals surface area contributed by atoms with Crippen LogP contribution in [0.15, 0.2) is 36.5 Å². The van der Waals surface area contributed by atoms with Gasteiger partial charge in [0, 0.05) is 31.5 Å². The van der Waals surface area contributed by atoms with Crippen molar-refractivity contribution in [2.45, 2.75) is 12.7 Å². The number of aromatic nitrogens is 1. The Morgan fingerprint density at radius 1 is 1.24 bits per heavy atom. The molecular weight excluding hydrogens is 411 g/mol. The zero-order valence-electron chi connectivity index (χ0n) is 15.3. The molecule has 2 heterocycles. The van der Waals surface area contributed by atoms with Crippen LogP contribution in [0.1, 0.15) is 15.9 Å². The summed E-state index contributed by atoms with van der Waals surface area (Å²) < 4.78 is 46.5. The van der Waals surface area contributed by atoms with Gasteiger partial charge in [-0.15, -0.1) is 0 Å². The number of hydrogen-bond acceptors (Lipinski definition) is 5. The molecule has 6 nitrogen and oxygen atoms in total. The summed E-state index contributed by atoms with van der Waals surface area (Å²) in [5.41, 5.74) is 2.12. The molecule has 0 bridgehead atoms. The van der Waals surface area contributed by atoms with Crippen LogP contribution in [-0.4, -0.2) is 50.0 Å². The molecule has 2 aromatic rings. The van der Waals surface area contributed by atoms with Gasteiger partial charge in [-0.3, -0.25) is 4.79 Å². The summed E-state index contributed by atoms with van der Waals surface area (Å²) in [6.07, 6.45) is -3.38. The van der Waals surface area contributed by atoms with E-state index in [9.17, 15) is 18.0 Å². The van der Waals surface area contributed by atoms with E-state index in [1.54, 1.807) is 0 Å². The number of pyridine rings is 1. The van der Waals surface area contributed by atoms with E-state index < -0.39 is 18.7 Å². The summed E-state index contributed by atoms with van der Waals surface area (Å²) in [6.45, 7) is 1.86.